The van der Waals surface area contributed by atoms with Gasteiger partial charge in [-0.2, -0.15) is 4.31 Å². The number of sulfonamides is 1. The summed E-state index contributed by atoms with van der Waals surface area (Å²) in [5, 5.41) is 10.4. The summed E-state index contributed by atoms with van der Waals surface area (Å²) in [5.74, 6) is 0. The maximum absolute atomic E-state index is 12.5. The second-order valence-corrected chi connectivity index (χ2v) is 7.70. The predicted molar refractivity (Wildman–Crippen MR) is 79.2 cm³/mol. The number of rotatable bonds is 4. The van der Waals surface area contributed by atoms with Crippen LogP contribution in [0.2, 0.25) is 5.02 Å². The van der Waals surface area contributed by atoms with E-state index in [9.17, 15) is 13.5 Å². The summed E-state index contributed by atoms with van der Waals surface area (Å²) in [4.78, 5) is 0.151. The van der Waals surface area contributed by atoms with Gasteiger partial charge in [-0.05, 0) is 31.0 Å². The predicted octanol–water partition coefficient (Wildman–Crippen LogP) is 1.77. The zero-order valence-electron chi connectivity index (χ0n) is 11.6. The van der Waals surface area contributed by atoms with E-state index >= 15 is 0 Å². The summed E-state index contributed by atoms with van der Waals surface area (Å²) in [7, 11) is -3.63. The van der Waals surface area contributed by atoms with Gasteiger partial charge in [-0.15, -0.1) is 0 Å². The number of hydrogen-bond acceptors (Lipinski definition) is 4. The van der Waals surface area contributed by atoms with Gasteiger partial charge in [0.05, 0.1) is 21.2 Å². The van der Waals surface area contributed by atoms with Crippen LogP contribution in [0.4, 0.5) is 5.69 Å². The molecule has 2 rings (SSSR count). The lowest BCUT2D eigenvalue weighted by Gasteiger charge is -2.45. The number of hydrogen-bond donors (Lipinski definition) is 2. The molecular formula is C13H19ClN2O3S. The summed E-state index contributed by atoms with van der Waals surface area (Å²) in [5.41, 5.74) is 5.57. The number of halogens is 1. The standard InChI is InChI=1S/C13H19ClN2O3S/c1-3-4-13(17)7-16(8-13)20(18,19)12-6-11(15)10(14)5-9(12)2/h5-6,17H,3-4,7-8,15H2,1-2H3. The van der Waals surface area contributed by atoms with Crippen molar-refractivity contribution in [1.82, 2.24) is 4.31 Å². The fourth-order valence-electron chi connectivity index (χ4n) is 2.49. The van der Waals surface area contributed by atoms with Crippen LogP contribution in [0.3, 0.4) is 0 Å². The first-order valence-corrected chi connectivity index (χ1v) is 8.29. The molecule has 0 unspecified atom stereocenters. The molecule has 7 heteroatoms. The second kappa shape index (κ2) is 5.18. The van der Waals surface area contributed by atoms with Crippen molar-refractivity contribution < 1.29 is 13.5 Å². The van der Waals surface area contributed by atoms with Gasteiger partial charge in [0.2, 0.25) is 10.0 Å². The molecule has 0 aromatic heterocycles. The van der Waals surface area contributed by atoms with Crippen LogP contribution in [0.25, 0.3) is 0 Å². The van der Waals surface area contributed by atoms with Crippen LogP contribution < -0.4 is 5.73 Å². The molecule has 20 heavy (non-hydrogen) atoms. The van der Waals surface area contributed by atoms with Gasteiger partial charge >= 0.3 is 0 Å². The number of anilines is 1. The van der Waals surface area contributed by atoms with Crippen molar-refractivity contribution in [1.29, 1.82) is 0 Å². The Morgan fingerprint density at radius 3 is 2.60 bits per heavy atom. The van der Waals surface area contributed by atoms with Crippen LogP contribution in [0, 0.1) is 6.92 Å². The third-order valence-corrected chi connectivity index (χ3v) is 5.83. The maximum Gasteiger partial charge on any atom is 0.243 e. The molecule has 0 amide bonds. The zero-order valence-corrected chi connectivity index (χ0v) is 13.1. The zero-order chi connectivity index (χ0) is 15.1. The number of nitrogens with zero attached hydrogens (tertiary/aromatic N) is 1. The van der Waals surface area contributed by atoms with Gasteiger partial charge in [0, 0.05) is 13.1 Å². The molecule has 1 aliphatic heterocycles. The molecule has 1 aromatic carbocycles. The van der Waals surface area contributed by atoms with Crippen LogP contribution >= 0.6 is 11.6 Å². The van der Waals surface area contributed by atoms with Crippen molar-refractivity contribution in [3.63, 3.8) is 0 Å². The molecule has 1 saturated heterocycles. The summed E-state index contributed by atoms with van der Waals surface area (Å²) < 4.78 is 26.3. The third kappa shape index (κ3) is 2.65. The second-order valence-electron chi connectivity index (χ2n) is 5.39. The van der Waals surface area contributed by atoms with Gasteiger partial charge < -0.3 is 10.8 Å². The average Bonchev–Trinajstić information content (AvgIpc) is 2.30. The molecule has 112 valence electrons. The summed E-state index contributed by atoms with van der Waals surface area (Å²) in [6.45, 7) is 3.89. The lowest BCUT2D eigenvalue weighted by Crippen LogP contribution is -2.63. The van der Waals surface area contributed by atoms with E-state index < -0.39 is 15.6 Å². The van der Waals surface area contributed by atoms with Crippen LogP contribution in [-0.4, -0.2) is 36.5 Å². The highest BCUT2D eigenvalue weighted by molar-refractivity contribution is 7.89. The van der Waals surface area contributed by atoms with Crippen molar-refractivity contribution in [3.05, 3.63) is 22.7 Å². The van der Waals surface area contributed by atoms with E-state index in [1.807, 2.05) is 6.92 Å². The van der Waals surface area contributed by atoms with E-state index in [-0.39, 0.29) is 23.7 Å². The van der Waals surface area contributed by atoms with Crippen LogP contribution in [-0.2, 0) is 10.0 Å². The molecular weight excluding hydrogens is 300 g/mol. The fourth-order valence-corrected chi connectivity index (χ4v) is 4.55. The summed E-state index contributed by atoms with van der Waals surface area (Å²) in [6, 6.07) is 2.92. The van der Waals surface area contributed by atoms with Gasteiger partial charge in [0.1, 0.15) is 0 Å². The van der Waals surface area contributed by atoms with Crippen molar-refractivity contribution in [2.45, 2.75) is 37.2 Å². The molecule has 0 saturated carbocycles. The molecule has 1 aliphatic rings. The summed E-state index contributed by atoms with van der Waals surface area (Å²) in [6.07, 6.45) is 1.41. The molecule has 5 nitrogen and oxygen atoms in total. The largest absolute Gasteiger partial charge is 0.397 e. The lowest BCUT2D eigenvalue weighted by molar-refractivity contribution is -0.0653. The molecule has 0 atom stereocenters. The van der Waals surface area contributed by atoms with E-state index in [1.54, 1.807) is 13.0 Å². The number of β-amino-alcohol motifs (C(OH)–C–C–N with tert-alkyl or cyclic N) is 1. The van der Waals surface area contributed by atoms with Crippen molar-refractivity contribution in [3.8, 4) is 0 Å². The Bertz CT molecular complexity index is 625. The maximum atomic E-state index is 12.5. The van der Waals surface area contributed by atoms with Crippen LogP contribution in [0.5, 0.6) is 0 Å². The quantitative estimate of drug-likeness (QED) is 0.829. The topological polar surface area (TPSA) is 83.6 Å². The molecule has 0 radical (unpaired) electrons. The van der Waals surface area contributed by atoms with Crippen molar-refractivity contribution in [2.24, 2.45) is 0 Å². The first-order valence-electron chi connectivity index (χ1n) is 6.48. The SMILES string of the molecule is CCCC1(O)CN(S(=O)(=O)c2cc(N)c(Cl)cc2C)C1. The van der Waals surface area contributed by atoms with E-state index in [1.165, 1.54) is 10.4 Å². The van der Waals surface area contributed by atoms with Gasteiger partial charge in [0.15, 0.2) is 0 Å². The molecule has 0 bridgehead atoms. The highest BCUT2D eigenvalue weighted by Crippen LogP contribution is 2.34. The minimum absolute atomic E-state index is 0.130. The Kier molecular flexibility index (Phi) is 4.03. The van der Waals surface area contributed by atoms with Gasteiger partial charge in [-0.25, -0.2) is 8.42 Å². The Morgan fingerprint density at radius 1 is 1.45 bits per heavy atom. The van der Waals surface area contributed by atoms with Gasteiger partial charge in [-0.1, -0.05) is 24.9 Å². The first-order chi connectivity index (χ1) is 9.19. The lowest BCUT2D eigenvalue weighted by atomic mass is 9.92. The number of aryl methyl sites for hydroxylation is 1. The van der Waals surface area contributed by atoms with Crippen molar-refractivity contribution in [2.75, 3.05) is 18.8 Å². The summed E-state index contributed by atoms with van der Waals surface area (Å²) >= 11 is 5.88. The normalized spacial score (nSPS) is 18.8. The van der Waals surface area contributed by atoms with Crippen LogP contribution in [0.15, 0.2) is 17.0 Å². The number of aliphatic hydroxyl groups is 1. The highest BCUT2D eigenvalue weighted by Gasteiger charge is 2.46. The molecule has 3 N–H and O–H groups in total. The molecule has 1 fully saturated rings. The molecule has 0 aliphatic carbocycles. The number of nitrogens with two attached hydrogens (primary N) is 1. The Hall–Kier alpha value is -0.820. The molecule has 1 aromatic rings. The monoisotopic (exact) mass is 318 g/mol. The molecule has 1 heterocycles. The van der Waals surface area contributed by atoms with E-state index in [0.29, 0.717) is 17.0 Å². The average molecular weight is 319 g/mol. The number of nitrogen functional groups attached to an aromatic ring is 1. The molecule has 0 spiro atoms. The van der Waals surface area contributed by atoms with E-state index in [4.69, 9.17) is 17.3 Å². The van der Waals surface area contributed by atoms with Crippen molar-refractivity contribution >= 4 is 27.3 Å². The first kappa shape index (κ1) is 15.6. The van der Waals surface area contributed by atoms with E-state index in [2.05, 4.69) is 0 Å². The minimum atomic E-state index is -3.63. The third-order valence-electron chi connectivity index (χ3n) is 3.57. The van der Waals surface area contributed by atoms with Gasteiger partial charge in [0.25, 0.3) is 0 Å². The smallest absolute Gasteiger partial charge is 0.243 e. The Balaban J connectivity index is 2.28. The number of benzene rings is 1. The van der Waals surface area contributed by atoms with E-state index in [0.717, 1.165) is 6.42 Å². The Labute approximate surface area is 124 Å². The highest BCUT2D eigenvalue weighted by atomic mass is 35.5. The van der Waals surface area contributed by atoms with Crippen LogP contribution in [0.1, 0.15) is 25.3 Å². The van der Waals surface area contributed by atoms with Gasteiger partial charge in [-0.3, -0.25) is 0 Å². The minimum Gasteiger partial charge on any atom is -0.397 e. The Morgan fingerprint density at radius 2 is 2.05 bits per heavy atom. The fraction of sp³-hybridized carbons (Fsp3) is 0.538.